The van der Waals surface area contributed by atoms with Crippen molar-refractivity contribution >= 4 is 33.4 Å². The van der Waals surface area contributed by atoms with Crippen molar-refractivity contribution in [2.45, 2.75) is 10.1 Å². The number of hydrogen-bond donors (Lipinski definition) is 2. The number of anilines is 1. The molecule has 1 saturated heterocycles. The van der Waals surface area contributed by atoms with E-state index in [1.165, 1.54) is 4.90 Å². The van der Waals surface area contributed by atoms with E-state index in [9.17, 15) is 0 Å². The van der Waals surface area contributed by atoms with Crippen molar-refractivity contribution in [1.82, 2.24) is 5.32 Å². The van der Waals surface area contributed by atoms with Gasteiger partial charge in [-0.3, -0.25) is 0 Å². The van der Waals surface area contributed by atoms with Gasteiger partial charge in [-0.05, 0) is 34.1 Å². The molecule has 70 valence electrons. The van der Waals surface area contributed by atoms with Crippen molar-refractivity contribution in [3.8, 4) is 0 Å². The molecule has 0 amide bonds. The van der Waals surface area contributed by atoms with Gasteiger partial charge >= 0.3 is 0 Å². The molecule has 1 aliphatic rings. The van der Waals surface area contributed by atoms with Gasteiger partial charge in [-0.2, -0.15) is 0 Å². The topological polar surface area (TPSA) is 38.0 Å². The third-order valence-corrected chi connectivity index (χ3v) is 4.19. The largest absolute Gasteiger partial charge is 0.399 e. The molecule has 0 bridgehead atoms. The first-order chi connectivity index (χ1) is 6.25. The van der Waals surface area contributed by atoms with Crippen molar-refractivity contribution in [2.24, 2.45) is 0 Å². The van der Waals surface area contributed by atoms with Gasteiger partial charge in [0, 0.05) is 33.4 Å². The summed E-state index contributed by atoms with van der Waals surface area (Å²) >= 11 is 5.41. The van der Waals surface area contributed by atoms with Gasteiger partial charge in [0.15, 0.2) is 0 Å². The normalized spacial score (nSPS) is 17.0. The molecule has 13 heavy (non-hydrogen) atoms. The van der Waals surface area contributed by atoms with E-state index >= 15 is 0 Å². The molecular formula is C9H11BrN2S. The van der Waals surface area contributed by atoms with E-state index in [1.807, 2.05) is 23.9 Å². The summed E-state index contributed by atoms with van der Waals surface area (Å²) in [6.07, 6.45) is 0. The van der Waals surface area contributed by atoms with Crippen LogP contribution in [0.15, 0.2) is 27.6 Å². The summed E-state index contributed by atoms with van der Waals surface area (Å²) in [4.78, 5) is 1.28. The zero-order valence-corrected chi connectivity index (χ0v) is 9.49. The molecule has 1 aliphatic heterocycles. The van der Waals surface area contributed by atoms with Crippen molar-refractivity contribution in [1.29, 1.82) is 0 Å². The van der Waals surface area contributed by atoms with Gasteiger partial charge in [0.1, 0.15) is 0 Å². The highest BCUT2D eigenvalue weighted by atomic mass is 79.9. The summed E-state index contributed by atoms with van der Waals surface area (Å²) in [5, 5.41) is 3.97. The summed E-state index contributed by atoms with van der Waals surface area (Å²) in [5.41, 5.74) is 6.46. The highest BCUT2D eigenvalue weighted by molar-refractivity contribution is 9.10. The minimum absolute atomic E-state index is 0.722. The third kappa shape index (κ3) is 2.18. The Morgan fingerprint density at radius 3 is 2.77 bits per heavy atom. The second-order valence-corrected chi connectivity index (χ2v) is 5.28. The lowest BCUT2D eigenvalue weighted by Gasteiger charge is -2.26. The number of nitrogen functional groups attached to an aromatic ring is 1. The number of rotatable bonds is 2. The predicted octanol–water partition coefficient (Wildman–Crippen LogP) is 2.10. The second-order valence-electron chi connectivity index (χ2n) is 3.09. The lowest BCUT2D eigenvalue weighted by atomic mass is 10.3. The van der Waals surface area contributed by atoms with Crippen LogP contribution >= 0.6 is 27.7 Å². The number of hydrogen-bond acceptors (Lipinski definition) is 3. The molecule has 1 heterocycles. The van der Waals surface area contributed by atoms with Gasteiger partial charge in [-0.1, -0.05) is 0 Å². The van der Waals surface area contributed by atoms with E-state index in [0.29, 0.717) is 0 Å². The molecule has 4 heteroatoms. The van der Waals surface area contributed by atoms with Crippen molar-refractivity contribution in [3.63, 3.8) is 0 Å². The average molecular weight is 259 g/mol. The van der Waals surface area contributed by atoms with Crippen LogP contribution in [0.1, 0.15) is 0 Å². The lowest BCUT2D eigenvalue weighted by Crippen LogP contribution is -2.44. The predicted molar refractivity (Wildman–Crippen MR) is 61.1 cm³/mol. The van der Waals surface area contributed by atoms with Crippen LogP contribution in [0.25, 0.3) is 0 Å². The highest BCUT2D eigenvalue weighted by Crippen LogP contribution is 2.33. The van der Waals surface area contributed by atoms with E-state index in [1.54, 1.807) is 0 Å². The molecule has 0 aromatic heterocycles. The van der Waals surface area contributed by atoms with Crippen LogP contribution in [0, 0.1) is 0 Å². The van der Waals surface area contributed by atoms with Crippen LogP contribution < -0.4 is 11.1 Å². The molecule has 1 aromatic carbocycles. The van der Waals surface area contributed by atoms with Gasteiger partial charge in [-0.25, -0.2) is 0 Å². The highest BCUT2D eigenvalue weighted by Gasteiger charge is 2.18. The van der Waals surface area contributed by atoms with Gasteiger partial charge in [0.05, 0.1) is 0 Å². The molecule has 0 spiro atoms. The van der Waals surface area contributed by atoms with Gasteiger partial charge in [-0.15, -0.1) is 11.8 Å². The first kappa shape index (κ1) is 9.37. The molecule has 2 rings (SSSR count). The summed E-state index contributed by atoms with van der Waals surface area (Å²) in [6, 6.07) is 5.97. The Hall–Kier alpha value is -0.190. The summed E-state index contributed by atoms with van der Waals surface area (Å²) in [7, 11) is 0. The van der Waals surface area contributed by atoms with Crippen LogP contribution in [-0.4, -0.2) is 18.3 Å². The Kier molecular flexibility index (Phi) is 2.81. The number of thioether (sulfide) groups is 1. The minimum Gasteiger partial charge on any atom is -0.399 e. The SMILES string of the molecule is Nc1ccc(SC2CNC2)c(Br)c1. The van der Waals surface area contributed by atoms with E-state index in [-0.39, 0.29) is 0 Å². The van der Waals surface area contributed by atoms with Crippen LogP contribution in [0.4, 0.5) is 5.69 Å². The fourth-order valence-corrected chi connectivity index (χ4v) is 2.89. The fourth-order valence-electron chi connectivity index (χ4n) is 1.14. The molecule has 1 fully saturated rings. The van der Waals surface area contributed by atoms with Crippen LogP contribution in [-0.2, 0) is 0 Å². The summed E-state index contributed by atoms with van der Waals surface area (Å²) in [5.74, 6) is 0. The van der Waals surface area contributed by atoms with Crippen molar-refractivity contribution in [3.05, 3.63) is 22.7 Å². The Morgan fingerprint density at radius 1 is 1.46 bits per heavy atom. The van der Waals surface area contributed by atoms with E-state index < -0.39 is 0 Å². The van der Waals surface area contributed by atoms with Gasteiger partial charge < -0.3 is 11.1 Å². The van der Waals surface area contributed by atoms with Crippen molar-refractivity contribution < 1.29 is 0 Å². The average Bonchev–Trinajstić information content (AvgIpc) is 1.99. The van der Waals surface area contributed by atoms with E-state index in [0.717, 1.165) is 28.5 Å². The van der Waals surface area contributed by atoms with Crippen LogP contribution in [0.5, 0.6) is 0 Å². The fraction of sp³-hybridized carbons (Fsp3) is 0.333. The summed E-state index contributed by atoms with van der Waals surface area (Å²) in [6.45, 7) is 2.23. The molecule has 0 atom stereocenters. The number of nitrogens with one attached hydrogen (secondary N) is 1. The number of halogens is 1. The van der Waals surface area contributed by atoms with E-state index in [4.69, 9.17) is 5.73 Å². The monoisotopic (exact) mass is 258 g/mol. The number of benzene rings is 1. The zero-order valence-electron chi connectivity index (χ0n) is 7.09. The number of nitrogens with two attached hydrogens (primary N) is 1. The Labute approximate surface area is 90.4 Å². The van der Waals surface area contributed by atoms with Crippen LogP contribution in [0.3, 0.4) is 0 Å². The van der Waals surface area contributed by atoms with E-state index in [2.05, 4.69) is 27.3 Å². The second kappa shape index (κ2) is 3.90. The molecular weight excluding hydrogens is 248 g/mol. The van der Waals surface area contributed by atoms with Crippen molar-refractivity contribution in [2.75, 3.05) is 18.8 Å². The molecule has 2 nitrogen and oxygen atoms in total. The molecule has 0 radical (unpaired) electrons. The Morgan fingerprint density at radius 2 is 2.23 bits per heavy atom. The Bertz CT molecular complexity index is 312. The first-order valence-corrected chi connectivity index (χ1v) is 5.85. The lowest BCUT2D eigenvalue weighted by molar-refractivity contribution is 0.543. The molecule has 0 unspecified atom stereocenters. The maximum Gasteiger partial charge on any atom is 0.0344 e. The molecule has 3 N–H and O–H groups in total. The third-order valence-electron chi connectivity index (χ3n) is 1.99. The maximum atomic E-state index is 5.65. The first-order valence-electron chi connectivity index (χ1n) is 4.18. The Balaban J connectivity index is 2.10. The molecule has 0 saturated carbocycles. The molecule has 0 aliphatic carbocycles. The van der Waals surface area contributed by atoms with Gasteiger partial charge in [0.2, 0.25) is 0 Å². The van der Waals surface area contributed by atoms with Gasteiger partial charge in [0.25, 0.3) is 0 Å². The summed E-state index contributed by atoms with van der Waals surface area (Å²) < 4.78 is 1.10. The zero-order chi connectivity index (χ0) is 9.26. The standard InChI is InChI=1S/C9H11BrN2S/c10-8-3-6(11)1-2-9(8)13-7-4-12-5-7/h1-3,7,12H,4-5,11H2. The molecule has 1 aromatic rings. The maximum absolute atomic E-state index is 5.65. The quantitative estimate of drug-likeness (QED) is 0.799. The van der Waals surface area contributed by atoms with Crippen LogP contribution in [0.2, 0.25) is 0 Å². The smallest absolute Gasteiger partial charge is 0.0344 e. The minimum atomic E-state index is 0.722.